The Morgan fingerprint density at radius 1 is 1.30 bits per heavy atom. The zero-order valence-electron chi connectivity index (χ0n) is 14.9. The molecule has 1 aliphatic rings. The zero-order valence-corrected chi connectivity index (χ0v) is 15.7. The standard InChI is InChI=1S/C19H21F3N2O2S/c1-13-17(27-12-23-13)7-8-26-18(25)15-10-24(11-16(15)19(20,21)22)9-14-5-3-2-4-6-14/h2-6,12,15-16H,7-11H2,1H3/t15-,16-/m1/s1. The highest BCUT2D eigenvalue weighted by Crippen LogP contribution is 2.38. The second-order valence-electron chi connectivity index (χ2n) is 6.71. The van der Waals surface area contributed by atoms with E-state index in [1.54, 1.807) is 10.4 Å². The molecule has 0 aliphatic carbocycles. The number of hydrogen-bond acceptors (Lipinski definition) is 5. The third-order valence-corrected chi connectivity index (χ3v) is 5.78. The first-order valence-corrected chi connectivity index (χ1v) is 9.61. The van der Waals surface area contributed by atoms with Gasteiger partial charge in [-0.05, 0) is 12.5 Å². The normalized spacial score (nSPS) is 20.7. The van der Waals surface area contributed by atoms with Gasteiger partial charge in [0.2, 0.25) is 0 Å². The van der Waals surface area contributed by atoms with E-state index >= 15 is 0 Å². The highest BCUT2D eigenvalue weighted by Gasteiger charge is 2.52. The van der Waals surface area contributed by atoms with Crippen molar-refractivity contribution in [3.63, 3.8) is 0 Å². The summed E-state index contributed by atoms with van der Waals surface area (Å²) in [4.78, 5) is 19.1. The molecule has 2 atom stereocenters. The van der Waals surface area contributed by atoms with Crippen LogP contribution in [0.25, 0.3) is 0 Å². The third kappa shape index (κ3) is 5.07. The second-order valence-corrected chi connectivity index (χ2v) is 7.65. The molecule has 3 rings (SSSR count). The molecule has 0 N–H and O–H groups in total. The van der Waals surface area contributed by atoms with Crippen molar-refractivity contribution in [2.45, 2.75) is 26.1 Å². The summed E-state index contributed by atoms with van der Waals surface area (Å²) in [6.07, 6.45) is -3.96. The van der Waals surface area contributed by atoms with Gasteiger partial charge in [0.25, 0.3) is 0 Å². The smallest absolute Gasteiger partial charge is 0.393 e. The highest BCUT2D eigenvalue weighted by molar-refractivity contribution is 7.09. The van der Waals surface area contributed by atoms with E-state index in [0.29, 0.717) is 13.0 Å². The van der Waals surface area contributed by atoms with Crippen LogP contribution in [0.5, 0.6) is 0 Å². The molecule has 0 unspecified atom stereocenters. The van der Waals surface area contributed by atoms with Gasteiger partial charge in [0, 0.05) is 30.9 Å². The molecule has 4 nitrogen and oxygen atoms in total. The second kappa shape index (κ2) is 8.39. The topological polar surface area (TPSA) is 42.4 Å². The number of likely N-dealkylation sites (tertiary alicyclic amines) is 1. The SMILES string of the molecule is Cc1ncsc1CCOC(=O)[C@@H]1CN(Cc2ccccc2)C[C@H]1C(F)(F)F. The van der Waals surface area contributed by atoms with Crippen LogP contribution in [0.15, 0.2) is 35.8 Å². The van der Waals surface area contributed by atoms with Gasteiger partial charge in [-0.25, -0.2) is 4.98 Å². The van der Waals surface area contributed by atoms with Crippen LogP contribution < -0.4 is 0 Å². The zero-order chi connectivity index (χ0) is 19.4. The van der Waals surface area contributed by atoms with Crippen LogP contribution in [0.2, 0.25) is 0 Å². The maximum Gasteiger partial charge on any atom is 0.393 e. The molecule has 8 heteroatoms. The maximum absolute atomic E-state index is 13.4. The number of aryl methyl sites for hydroxylation is 1. The molecule has 2 heterocycles. The minimum Gasteiger partial charge on any atom is -0.465 e. The lowest BCUT2D eigenvalue weighted by Gasteiger charge is -2.20. The summed E-state index contributed by atoms with van der Waals surface area (Å²) in [7, 11) is 0. The van der Waals surface area contributed by atoms with E-state index in [9.17, 15) is 18.0 Å². The van der Waals surface area contributed by atoms with Gasteiger partial charge >= 0.3 is 12.1 Å². The van der Waals surface area contributed by atoms with Crippen molar-refractivity contribution >= 4 is 17.3 Å². The molecule has 1 aromatic heterocycles. The predicted molar refractivity (Wildman–Crippen MR) is 96.3 cm³/mol. The van der Waals surface area contributed by atoms with Crippen molar-refractivity contribution in [1.82, 2.24) is 9.88 Å². The van der Waals surface area contributed by atoms with Crippen molar-refractivity contribution in [2.75, 3.05) is 19.7 Å². The molecular formula is C19H21F3N2O2S. The van der Waals surface area contributed by atoms with E-state index in [1.165, 1.54) is 11.3 Å². The number of esters is 1. The molecular weight excluding hydrogens is 377 g/mol. The van der Waals surface area contributed by atoms with Crippen molar-refractivity contribution in [3.05, 3.63) is 52.0 Å². The average molecular weight is 398 g/mol. The number of rotatable bonds is 6. The van der Waals surface area contributed by atoms with Gasteiger partial charge in [0.1, 0.15) is 0 Å². The number of thiazole rings is 1. The number of hydrogen-bond donors (Lipinski definition) is 0. The highest BCUT2D eigenvalue weighted by atomic mass is 32.1. The van der Waals surface area contributed by atoms with Gasteiger partial charge in [-0.3, -0.25) is 9.69 Å². The Morgan fingerprint density at radius 3 is 2.67 bits per heavy atom. The Balaban J connectivity index is 1.60. The molecule has 146 valence electrons. The molecule has 0 spiro atoms. The number of ether oxygens (including phenoxy) is 1. The molecule has 1 saturated heterocycles. The minimum absolute atomic E-state index is 0.0531. The summed E-state index contributed by atoms with van der Waals surface area (Å²) in [6, 6.07) is 9.29. The van der Waals surface area contributed by atoms with Gasteiger partial charge in [-0.15, -0.1) is 11.3 Å². The molecule has 0 amide bonds. The third-order valence-electron chi connectivity index (χ3n) is 4.79. The lowest BCUT2D eigenvalue weighted by atomic mass is 9.96. The largest absolute Gasteiger partial charge is 0.465 e. The number of aromatic nitrogens is 1. The molecule has 0 radical (unpaired) electrons. The predicted octanol–water partition coefficient (Wildman–Crippen LogP) is 3.85. The summed E-state index contributed by atoms with van der Waals surface area (Å²) in [5.41, 5.74) is 3.48. The first-order valence-electron chi connectivity index (χ1n) is 8.73. The Labute approximate surface area is 160 Å². The lowest BCUT2D eigenvalue weighted by molar-refractivity contribution is -0.190. The molecule has 1 aromatic carbocycles. The maximum atomic E-state index is 13.4. The summed E-state index contributed by atoms with van der Waals surface area (Å²) in [5, 5.41) is 0. The Hall–Kier alpha value is -1.93. The van der Waals surface area contributed by atoms with Crippen LogP contribution in [-0.2, 0) is 22.5 Å². The fourth-order valence-electron chi connectivity index (χ4n) is 3.34. The van der Waals surface area contributed by atoms with E-state index < -0.39 is 24.0 Å². The van der Waals surface area contributed by atoms with Crippen molar-refractivity contribution in [1.29, 1.82) is 0 Å². The van der Waals surface area contributed by atoms with Crippen molar-refractivity contribution < 1.29 is 22.7 Å². The molecule has 0 saturated carbocycles. The first-order chi connectivity index (χ1) is 12.8. The number of alkyl halides is 3. The minimum atomic E-state index is -4.43. The van der Waals surface area contributed by atoms with Crippen LogP contribution in [0.1, 0.15) is 16.1 Å². The summed E-state index contributed by atoms with van der Waals surface area (Å²) in [6.45, 7) is 2.17. The van der Waals surface area contributed by atoms with E-state index in [2.05, 4.69) is 4.98 Å². The fraction of sp³-hybridized carbons (Fsp3) is 0.474. The number of carbonyl (C=O) groups excluding carboxylic acids is 1. The van der Waals surface area contributed by atoms with Gasteiger partial charge in [-0.2, -0.15) is 13.2 Å². The molecule has 2 aromatic rings. The lowest BCUT2D eigenvalue weighted by Crippen LogP contribution is -2.35. The van der Waals surface area contributed by atoms with Crippen LogP contribution in [0.4, 0.5) is 13.2 Å². The Morgan fingerprint density at radius 2 is 2.04 bits per heavy atom. The monoisotopic (exact) mass is 398 g/mol. The quantitative estimate of drug-likeness (QED) is 0.694. The average Bonchev–Trinajstić information content (AvgIpc) is 3.22. The van der Waals surface area contributed by atoms with Crippen LogP contribution in [-0.4, -0.2) is 41.7 Å². The summed E-state index contributed by atoms with van der Waals surface area (Å²) < 4.78 is 45.5. The van der Waals surface area contributed by atoms with Crippen LogP contribution in [0.3, 0.4) is 0 Å². The number of benzene rings is 1. The van der Waals surface area contributed by atoms with Crippen LogP contribution in [0, 0.1) is 18.8 Å². The number of nitrogens with zero attached hydrogens (tertiary/aromatic N) is 2. The summed E-state index contributed by atoms with van der Waals surface area (Å²) in [5.74, 6) is -3.65. The van der Waals surface area contributed by atoms with Gasteiger partial charge in [0.15, 0.2) is 0 Å². The van der Waals surface area contributed by atoms with E-state index in [-0.39, 0.29) is 19.7 Å². The Bertz CT molecular complexity index is 764. The van der Waals surface area contributed by atoms with E-state index in [0.717, 1.165) is 16.1 Å². The number of carbonyl (C=O) groups is 1. The van der Waals surface area contributed by atoms with E-state index in [1.807, 2.05) is 37.3 Å². The fourth-order valence-corrected chi connectivity index (χ4v) is 4.11. The van der Waals surface area contributed by atoms with Gasteiger partial charge < -0.3 is 4.74 Å². The van der Waals surface area contributed by atoms with Crippen molar-refractivity contribution in [2.24, 2.45) is 11.8 Å². The van der Waals surface area contributed by atoms with E-state index in [4.69, 9.17) is 4.74 Å². The molecule has 1 aliphatic heterocycles. The molecule has 27 heavy (non-hydrogen) atoms. The number of halogens is 3. The Kier molecular flexibility index (Phi) is 6.16. The summed E-state index contributed by atoms with van der Waals surface area (Å²) >= 11 is 1.45. The molecule has 1 fully saturated rings. The van der Waals surface area contributed by atoms with Crippen molar-refractivity contribution in [3.8, 4) is 0 Å². The van der Waals surface area contributed by atoms with Gasteiger partial charge in [0.05, 0.1) is 29.6 Å². The first kappa shape index (κ1) is 19.8. The van der Waals surface area contributed by atoms with Gasteiger partial charge in [-0.1, -0.05) is 30.3 Å². The van der Waals surface area contributed by atoms with Crippen LogP contribution >= 0.6 is 11.3 Å². The molecule has 0 bridgehead atoms.